The second-order valence-corrected chi connectivity index (χ2v) is 5.48. The average Bonchev–Trinajstić information content (AvgIpc) is 2.89. The fourth-order valence-corrected chi connectivity index (χ4v) is 2.39. The molecule has 3 N–H and O–H groups in total. The predicted molar refractivity (Wildman–Crippen MR) is 80.3 cm³/mol. The Labute approximate surface area is 129 Å². The molecular formula is C13H12ClN3O3S. The monoisotopic (exact) mass is 325 g/mol. The normalized spacial score (nSPS) is 11.6. The first kappa shape index (κ1) is 15.4. The Morgan fingerprint density at radius 2 is 2.29 bits per heavy atom. The number of aliphatic carboxylic acids is 1. The number of phenols is 1. The summed E-state index contributed by atoms with van der Waals surface area (Å²) >= 11 is 6.73. The minimum absolute atomic E-state index is 0.0192. The van der Waals surface area contributed by atoms with E-state index in [2.05, 4.69) is 15.2 Å². The number of benzene rings is 1. The third kappa shape index (κ3) is 3.99. The van der Waals surface area contributed by atoms with Crippen molar-refractivity contribution in [3.63, 3.8) is 0 Å². The van der Waals surface area contributed by atoms with Gasteiger partial charge in [-0.2, -0.15) is 0 Å². The van der Waals surface area contributed by atoms with Crippen molar-refractivity contribution in [2.24, 2.45) is 0 Å². The van der Waals surface area contributed by atoms with Gasteiger partial charge in [0.05, 0.1) is 0 Å². The van der Waals surface area contributed by atoms with Crippen LogP contribution < -0.4 is 0 Å². The van der Waals surface area contributed by atoms with E-state index in [1.807, 2.05) is 6.92 Å². The number of nitrogens with zero attached hydrogens (tertiary/aromatic N) is 2. The van der Waals surface area contributed by atoms with Gasteiger partial charge in [-0.05, 0) is 36.0 Å². The van der Waals surface area contributed by atoms with Crippen molar-refractivity contribution in [1.82, 2.24) is 15.2 Å². The lowest BCUT2D eigenvalue weighted by molar-refractivity contribution is -0.131. The smallest absolute Gasteiger partial charge is 0.342 e. The molecule has 0 aliphatic rings. The molecule has 0 aliphatic carbocycles. The minimum Gasteiger partial charge on any atom is -0.507 e. The molecule has 2 rings (SSSR count). The van der Waals surface area contributed by atoms with Crippen LogP contribution in [0.15, 0.2) is 28.3 Å². The number of hydrogen-bond donors (Lipinski definition) is 3. The zero-order chi connectivity index (χ0) is 15.4. The molecule has 6 nitrogen and oxygen atoms in total. The van der Waals surface area contributed by atoms with Crippen molar-refractivity contribution < 1.29 is 15.0 Å². The van der Waals surface area contributed by atoms with Gasteiger partial charge in [-0.3, -0.25) is 5.10 Å². The summed E-state index contributed by atoms with van der Waals surface area (Å²) in [4.78, 5) is 15.4. The molecule has 1 aromatic heterocycles. The van der Waals surface area contributed by atoms with Crippen molar-refractivity contribution in [3.8, 4) is 5.75 Å². The number of H-pyrrole nitrogens is 1. The highest BCUT2D eigenvalue weighted by molar-refractivity contribution is 8.04. The Balaban J connectivity index is 2.32. The van der Waals surface area contributed by atoms with Crippen molar-refractivity contribution in [2.45, 2.75) is 18.5 Å². The van der Waals surface area contributed by atoms with E-state index < -0.39 is 5.97 Å². The van der Waals surface area contributed by atoms with Gasteiger partial charge in [0, 0.05) is 17.0 Å². The third-order valence-electron chi connectivity index (χ3n) is 2.53. The molecule has 0 fully saturated rings. The van der Waals surface area contributed by atoms with Crippen molar-refractivity contribution in [2.75, 3.05) is 0 Å². The first-order valence-electron chi connectivity index (χ1n) is 6.02. The standard InChI is InChI=1S/C13H12ClN3O3S/c1-2-11-15-13(17-16-11)21-10(12(19)20)6-7-5-8(14)3-4-9(7)18/h3-6,18H,2H2,1H3,(H,19,20)(H,15,16,17)/b10-6-. The summed E-state index contributed by atoms with van der Waals surface area (Å²) in [6.45, 7) is 1.91. The molecule has 0 bridgehead atoms. The van der Waals surface area contributed by atoms with E-state index in [-0.39, 0.29) is 10.7 Å². The Kier molecular flexibility index (Phi) is 4.87. The van der Waals surface area contributed by atoms with Crippen LogP contribution in [0, 0.1) is 0 Å². The molecule has 0 saturated heterocycles. The maximum atomic E-state index is 11.3. The fraction of sp³-hybridized carbons (Fsp3) is 0.154. The highest BCUT2D eigenvalue weighted by atomic mass is 35.5. The number of rotatable bonds is 5. The second kappa shape index (κ2) is 6.64. The lowest BCUT2D eigenvalue weighted by Crippen LogP contribution is -1.97. The van der Waals surface area contributed by atoms with Crippen molar-refractivity contribution in [3.05, 3.63) is 39.5 Å². The Morgan fingerprint density at radius 1 is 1.52 bits per heavy atom. The molecular weight excluding hydrogens is 314 g/mol. The van der Waals surface area contributed by atoms with Gasteiger partial charge >= 0.3 is 5.97 Å². The van der Waals surface area contributed by atoms with Gasteiger partial charge < -0.3 is 10.2 Å². The largest absolute Gasteiger partial charge is 0.507 e. The Hall–Kier alpha value is -1.99. The Morgan fingerprint density at radius 3 is 2.90 bits per heavy atom. The summed E-state index contributed by atoms with van der Waals surface area (Å²) in [7, 11) is 0. The molecule has 0 saturated carbocycles. The topological polar surface area (TPSA) is 99.1 Å². The van der Waals surface area contributed by atoms with Crippen LogP contribution in [0.3, 0.4) is 0 Å². The van der Waals surface area contributed by atoms with E-state index in [1.54, 1.807) is 0 Å². The van der Waals surface area contributed by atoms with Crippen LogP contribution in [0.4, 0.5) is 0 Å². The highest BCUT2D eigenvalue weighted by Crippen LogP contribution is 2.29. The number of aromatic nitrogens is 3. The summed E-state index contributed by atoms with van der Waals surface area (Å²) in [6.07, 6.45) is 2.00. The van der Waals surface area contributed by atoms with E-state index in [0.29, 0.717) is 28.0 Å². The third-order valence-corrected chi connectivity index (χ3v) is 3.65. The number of carboxylic acids is 1. The predicted octanol–water partition coefficient (Wildman–Crippen LogP) is 2.94. The SMILES string of the molecule is CCc1nc(S/C(=C\c2cc(Cl)ccc2O)C(=O)O)n[nH]1. The molecule has 8 heteroatoms. The summed E-state index contributed by atoms with van der Waals surface area (Å²) in [5.74, 6) is -0.516. The first-order valence-corrected chi connectivity index (χ1v) is 7.21. The van der Waals surface area contributed by atoms with Gasteiger partial charge in [0.25, 0.3) is 0 Å². The zero-order valence-corrected chi connectivity index (χ0v) is 12.6. The van der Waals surface area contributed by atoms with Gasteiger partial charge in [-0.25, -0.2) is 9.78 Å². The van der Waals surface area contributed by atoms with Crippen molar-refractivity contribution in [1.29, 1.82) is 0 Å². The number of hydrogen-bond acceptors (Lipinski definition) is 5. The maximum absolute atomic E-state index is 11.3. The summed E-state index contributed by atoms with van der Waals surface area (Å²) < 4.78 is 0. The number of carboxylic acid groups (broad SMARTS) is 1. The van der Waals surface area contributed by atoms with E-state index in [4.69, 9.17) is 11.6 Å². The fourth-order valence-electron chi connectivity index (χ4n) is 1.50. The average molecular weight is 326 g/mol. The summed E-state index contributed by atoms with van der Waals surface area (Å²) in [5, 5.41) is 26.3. The quantitative estimate of drug-likeness (QED) is 0.577. The minimum atomic E-state index is -1.14. The van der Waals surface area contributed by atoms with Crippen molar-refractivity contribution >= 4 is 35.4 Å². The number of aryl methyl sites for hydroxylation is 1. The molecule has 0 aliphatic heterocycles. The highest BCUT2D eigenvalue weighted by Gasteiger charge is 2.14. The summed E-state index contributed by atoms with van der Waals surface area (Å²) in [6, 6.07) is 4.40. The van der Waals surface area contributed by atoms with Crippen LogP contribution >= 0.6 is 23.4 Å². The van der Waals surface area contributed by atoms with Gasteiger partial charge in [-0.1, -0.05) is 18.5 Å². The lowest BCUT2D eigenvalue weighted by Gasteiger charge is -2.02. The number of halogens is 1. The van der Waals surface area contributed by atoms with E-state index in [0.717, 1.165) is 11.8 Å². The lowest BCUT2D eigenvalue weighted by atomic mass is 10.2. The Bertz CT molecular complexity index is 700. The maximum Gasteiger partial charge on any atom is 0.342 e. The van der Waals surface area contributed by atoms with Crippen LogP contribution in [0.5, 0.6) is 5.75 Å². The van der Waals surface area contributed by atoms with Crippen LogP contribution in [0.25, 0.3) is 6.08 Å². The molecule has 0 radical (unpaired) electrons. The van der Waals surface area contributed by atoms with E-state index in [1.165, 1.54) is 24.3 Å². The van der Waals surface area contributed by atoms with Gasteiger partial charge in [0.1, 0.15) is 16.5 Å². The number of nitrogens with one attached hydrogen (secondary N) is 1. The van der Waals surface area contributed by atoms with Crippen LogP contribution in [0.1, 0.15) is 18.3 Å². The number of phenolic OH excluding ortho intramolecular Hbond substituents is 1. The van der Waals surface area contributed by atoms with Crippen LogP contribution in [-0.4, -0.2) is 31.4 Å². The molecule has 0 atom stereocenters. The molecule has 1 heterocycles. The molecule has 110 valence electrons. The molecule has 1 aromatic carbocycles. The van der Waals surface area contributed by atoms with Crippen LogP contribution in [-0.2, 0) is 11.2 Å². The molecule has 21 heavy (non-hydrogen) atoms. The molecule has 2 aromatic rings. The molecule has 0 amide bonds. The van der Waals surface area contributed by atoms with Crippen LogP contribution in [0.2, 0.25) is 5.02 Å². The van der Waals surface area contributed by atoms with E-state index >= 15 is 0 Å². The second-order valence-electron chi connectivity index (χ2n) is 4.04. The number of thioether (sulfide) groups is 1. The number of aromatic amines is 1. The molecule has 0 unspecified atom stereocenters. The zero-order valence-electron chi connectivity index (χ0n) is 11.0. The summed E-state index contributed by atoms with van der Waals surface area (Å²) in [5.41, 5.74) is 0.318. The van der Waals surface area contributed by atoms with Gasteiger partial charge in [0.2, 0.25) is 5.16 Å². The number of aromatic hydroxyl groups is 1. The number of carbonyl (C=O) groups is 1. The van der Waals surface area contributed by atoms with E-state index in [9.17, 15) is 15.0 Å². The van der Waals surface area contributed by atoms with Gasteiger partial charge in [0.15, 0.2) is 0 Å². The molecule has 0 spiro atoms. The van der Waals surface area contributed by atoms with Gasteiger partial charge in [-0.15, -0.1) is 5.10 Å². The first-order chi connectivity index (χ1) is 9.99.